The third kappa shape index (κ3) is 2.59. The molecule has 0 saturated heterocycles. The van der Waals surface area contributed by atoms with Crippen LogP contribution < -0.4 is 5.32 Å². The predicted octanol–water partition coefficient (Wildman–Crippen LogP) is 2.82. The van der Waals surface area contributed by atoms with Gasteiger partial charge in [-0.15, -0.1) is 11.6 Å². The number of alkyl halides is 1. The van der Waals surface area contributed by atoms with Gasteiger partial charge in [-0.1, -0.05) is 12.8 Å². The first-order chi connectivity index (χ1) is 9.79. The lowest BCUT2D eigenvalue weighted by Crippen LogP contribution is -2.27. The Kier molecular flexibility index (Phi) is 4.05. The van der Waals surface area contributed by atoms with Crippen molar-refractivity contribution < 1.29 is 0 Å². The zero-order chi connectivity index (χ0) is 13.9. The van der Waals surface area contributed by atoms with Crippen LogP contribution in [0.4, 0.5) is 5.82 Å². The fourth-order valence-electron chi connectivity index (χ4n) is 3.09. The van der Waals surface area contributed by atoms with Gasteiger partial charge in [0.2, 0.25) is 0 Å². The highest BCUT2D eigenvalue weighted by Crippen LogP contribution is 2.31. The van der Waals surface area contributed by atoms with Crippen LogP contribution in [-0.2, 0) is 7.05 Å². The molecular formula is C14H20ClN5. The Hall–Kier alpha value is -1.36. The molecule has 2 aromatic heterocycles. The summed E-state index contributed by atoms with van der Waals surface area (Å²) in [7, 11) is 1.89. The standard InChI is InChI=1S/C14H20ClN5/c1-20-14-12(8-19-20)13(17-9-18-14)16-7-11-5-3-2-4-10(11)6-15/h8-11H,2-7H2,1H3,(H,16,17,18). The number of hydrogen-bond donors (Lipinski definition) is 1. The van der Waals surface area contributed by atoms with E-state index in [9.17, 15) is 0 Å². The molecule has 0 radical (unpaired) electrons. The molecule has 5 nitrogen and oxygen atoms in total. The van der Waals surface area contributed by atoms with Gasteiger partial charge in [0.05, 0.1) is 11.6 Å². The van der Waals surface area contributed by atoms with Crippen molar-refractivity contribution in [1.29, 1.82) is 0 Å². The van der Waals surface area contributed by atoms with Crippen molar-refractivity contribution in [2.75, 3.05) is 17.7 Å². The largest absolute Gasteiger partial charge is 0.369 e. The van der Waals surface area contributed by atoms with Crippen molar-refractivity contribution in [3.63, 3.8) is 0 Å². The Balaban J connectivity index is 1.73. The highest BCUT2D eigenvalue weighted by molar-refractivity contribution is 6.18. The Bertz CT molecular complexity index is 582. The quantitative estimate of drug-likeness (QED) is 0.881. The van der Waals surface area contributed by atoms with Gasteiger partial charge < -0.3 is 5.32 Å². The second-order valence-electron chi connectivity index (χ2n) is 5.57. The highest BCUT2D eigenvalue weighted by Gasteiger charge is 2.24. The molecule has 2 unspecified atom stereocenters. The van der Waals surface area contributed by atoms with Gasteiger partial charge in [0.25, 0.3) is 0 Å². The summed E-state index contributed by atoms with van der Waals surface area (Å²) in [5.74, 6) is 2.91. The Morgan fingerprint density at radius 1 is 1.30 bits per heavy atom. The van der Waals surface area contributed by atoms with E-state index in [1.165, 1.54) is 25.7 Å². The number of nitrogens with zero attached hydrogens (tertiary/aromatic N) is 4. The van der Waals surface area contributed by atoms with Gasteiger partial charge in [-0.3, -0.25) is 4.68 Å². The number of nitrogens with one attached hydrogen (secondary N) is 1. The molecule has 1 fully saturated rings. The molecule has 0 bridgehead atoms. The van der Waals surface area contributed by atoms with Crippen LogP contribution in [0.5, 0.6) is 0 Å². The zero-order valence-electron chi connectivity index (χ0n) is 11.7. The lowest BCUT2D eigenvalue weighted by atomic mass is 9.80. The molecule has 6 heteroatoms. The van der Waals surface area contributed by atoms with Crippen molar-refractivity contribution in [2.45, 2.75) is 25.7 Å². The van der Waals surface area contributed by atoms with Gasteiger partial charge in [0.1, 0.15) is 12.1 Å². The lowest BCUT2D eigenvalue weighted by molar-refractivity contribution is 0.272. The number of halogens is 1. The number of aromatic nitrogens is 4. The summed E-state index contributed by atoms with van der Waals surface area (Å²) in [5.41, 5.74) is 0.861. The van der Waals surface area contributed by atoms with Gasteiger partial charge in [-0.05, 0) is 24.7 Å². The fraction of sp³-hybridized carbons (Fsp3) is 0.643. The van der Waals surface area contributed by atoms with Crippen molar-refractivity contribution >= 4 is 28.5 Å². The molecule has 3 rings (SSSR count). The lowest BCUT2D eigenvalue weighted by Gasteiger charge is -2.30. The van der Waals surface area contributed by atoms with Crippen LogP contribution in [0.15, 0.2) is 12.5 Å². The molecule has 2 aromatic rings. The maximum Gasteiger partial charge on any atom is 0.163 e. The van der Waals surface area contributed by atoms with E-state index in [1.807, 2.05) is 13.2 Å². The molecule has 1 saturated carbocycles. The number of aryl methyl sites for hydroxylation is 1. The molecule has 2 atom stereocenters. The first kappa shape index (κ1) is 13.6. The predicted molar refractivity (Wildman–Crippen MR) is 81.0 cm³/mol. The van der Waals surface area contributed by atoms with E-state index >= 15 is 0 Å². The van der Waals surface area contributed by atoms with Gasteiger partial charge >= 0.3 is 0 Å². The van der Waals surface area contributed by atoms with Gasteiger partial charge in [0, 0.05) is 19.5 Å². The molecule has 0 spiro atoms. The zero-order valence-corrected chi connectivity index (χ0v) is 12.5. The van der Waals surface area contributed by atoms with Gasteiger partial charge in [0.15, 0.2) is 5.65 Å². The fourth-order valence-corrected chi connectivity index (χ4v) is 3.49. The molecule has 1 N–H and O–H groups in total. The number of hydrogen-bond acceptors (Lipinski definition) is 4. The van der Waals surface area contributed by atoms with Crippen LogP contribution in [0.1, 0.15) is 25.7 Å². The van der Waals surface area contributed by atoms with Crippen LogP contribution in [0.3, 0.4) is 0 Å². The molecule has 108 valence electrons. The molecule has 0 aromatic carbocycles. The highest BCUT2D eigenvalue weighted by atomic mass is 35.5. The molecule has 2 heterocycles. The smallest absolute Gasteiger partial charge is 0.163 e. The number of anilines is 1. The first-order valence-corrected chi connectivity index (χ1v) is 7.75. The second-order valence-corrected chi connectivity index (χ2v) is 5.88. The SMILES string of the molecule is Cn1ncc2c(NCC3CCCCC3CCl)ncnc21. The number of rotatable bonds is 4. The molecule has 0 aliphatic heterocycles. The normalized spacial score (nSPS) is 23.1. The van der Waals surface area contributed by atoms with Gasteiger partial charge in [-0.2, -0.15) is 5.10 Å². The maximum atomic E-state index is 6.09. The van der Waals surface area contributed by atoms with Crippen LogP contribution in [0.25, 0.3) is 11.0 Å². The first-order valence-electron chi connectivity index (χ1n) is 7.22. The van der Waals surface area contributed by atoms with Crippen molar-refractivity contribution in [3.8, 4) is 0 Å². The minimum atomic E-state index is 0.629. The molecule has 1 aliphatic rings. The van der Waals surface area contributed by atoms with Crippen molar-refractivity contribution in [3.05, 3.63) is 12.5 Å². The van der Waals surface area contributed by atoms with Crippen molar-refractivity contribution in [2.24, 2.45) is 18.9 Å². The van der Waals surface area contributed by atoms with Crippen LogP contribution >= 0.6 is 11.6 Å². The van der Waals surface area contributed by atoms with E-state index in [4.69, 9.17) is 11.6 Å². The minimum Gasteiger partial charge on any atom is -0.369 e. The van der Waals surface area contributed by atoms with E-state index in [2.05, 4.69) is 20.4 Å². The monoisotopic (exact) mass is 293 g/mol. The summed E-state index contributed by atoms with van der Waals surface area (Å²) in [5, 5.41) is 8.69. The van der Waals surface area contributed by atoms with Gasteiger partial charge in [-0.25, -0.2) is 9.97 Å². The maximum absolute atomic E-state index is 6.09. The topological polar surface area (TPSA) is 55.6 Å². The van der Waals surface area contributed by atoms with E-state index < -0.39 is 0 Å². The third-order valence-electron chi connectivity index (χ3n) is 4.33. The van der Waals surface area contributed by atoms with E-state index in [-0.39, 0.29) is 0 Å². The summed E-state index contributed by atoms with van der Waals surface area (Å²) in [6.07, 6.45) is 8.54. The van der Waals surface area contributed by atoms with E-state index in [0.29, 0.717) is 11.8 Å². The van der Waals surface area contributed by atoms with E-state index in [0.717, 1.165) is 29.3 Å². The van der Waals surface area contributed by atoms with Crippen LogP contribution in [-0.4, -0.2) is 32.2 Å². The third-order valence-corrected chi connectivity index (χ3v) is 4.72. The average molecular weight is 294 g/mol. The molecular weight excluding hydrogens is 274 g/mol. The Labute approximate surface area is 123 Å². The molecule has 0 amide bonds. The summed E-state index contributed by atoms with van der Waals surface area (Å²) < 4.78 is 1.77. The van der Waals surface area contributed by atoms with Crippen molar-refractivity contribution in [1.82, 2.24) is 19.7 Å². The summed E-state index contributed by atoms with van der Waals surface area (Å²) in [6.45, 7) is 0.929. The summed E-state index contributed by atoms with van der Waals surface area (Å²) in [4.78, 5) is 8.60. The Morgan fingerprint density at radius 2 is 2.10 bits per heavy atom. The van der Waals surface area contributed by atoms with Crippen LogP contribution in [0.2, 0.25) is 0 Å². The minimum absolute atomic E-state index is 0.629. The summed E-state index contributed by atoms with van der Waals surface area (Å²) >= 11 is 6.09. The molecule has 20 heavy (non-hydrogen) atoms. The summed E-state index contributed by atoms with van der Waals surface area (Å²) in [6, 6.07) is 0. The second kappa shape index (κ2) is 5.95. The number of fused-ring (bicyclic) bond motifs is 1. The Morgan fingerprint density at radius 3 is 2.90 bits per heavy atom. The van der Waals surface area contributed by atoms with Crippen LogP contribution in [0, 0.1) is 11.8 Å². The average Bonchev–Trinajstić information content (AvgIpc) is 2.88. The molecule has 1 aliphatic carbocycles. The van der Waals surface area contributed by atoms with E-state index in [1.54, 1.807) is 11.0 Å².